The Balaban J connectivity index is 1.94. The van der Waals surface area contributed by atoms with Crippen molar-refractivity contribution in [1.29, 1.82) is 0 Å². The lowest BCUT2D eigenvalue weighted by Crippen LogP contribution is -2.14. The van der Waals surface area contributed by atoms with Crippen LogP contribution in [-0.4, -0.2) is 26.1 Å². The van der Waals surface area contributed by atoms with Gasteiger partial charge in [0.25, 0.3) is 5.91 Å². The van der Waals surface area contributed by atoms with E-state index in [9.17, 15) is 20.0 Å². The molecule has 0 bridgehead atoms. The summed E-state index contributed by atoms with van der Waals surface area (Å²) in [7, 11) is 0. The van der Waals surface area contributed by atoms with Gasteiger partial charge < -0.3 is 9.63 Å². The fraction of sp³-hybridized carbons (Fsp3) is 0.0714. The Morgan fingerprint density at radius 1 is 1.38 bits per heavy atom. The quantitative estimate of drug-likeness (QED) is 0.535. The highest BCUT2D eigenvalue weighted by atomic mass is 32.1. The Morgan fingerprint density at radius 3 is 2.75 bits per heavy atom. The number of hydrogen-bond acceptors (Lipinski definition) is 8. The van der Waals surface area contributed by atoms with E-state index in [2.05, 4.69) is 15.5 Å². The smallest absolute Gasteiger partial charge is 0.345 e. The number of aliphatic hydroxyl groups is 1. The third kappa shape index (κ3) is 3.00. The van der Waals surface area contributed by atoms with Gasteiger partial charge in [-0.1, -0.05) is 35.5 Å². The molecule has 0 fully saturated rings. The molecule has 0 aliphatic heterocycles. The standard InChI is InChI=1S/C14H10N4O5S/c19-7-9-11(12(17-23-9)8-4-2-1-3-5-8)13(20)16-14-15-6-10(24-14)18(21)22/h1-6,19H,7H2,(H,15,16,20). The minimum atomic E-state index is -0.622. The van der Waals surface area contributed by atoms with Crippen LogP contribution < -0.4 is 5.32 Å². The normalized spacial score (nSPS) is 10.5. The first-order chi connectivity index (χ1) is 11.6. The molecule has 0 spiro atoms. The first-order valence-electron chi connectivity index (χ1n) is 6.66. The molecule has 2 aromatic heterocycles. The second kappa shape index (κ2) is 6.56. The third-order valence-corrected chi connectivity index (χ3v) is 3.94. The van der Waals surface area contributed by atoms with Crippen LogP contribution in [0.25, 0.3) is 11.3 Å². The van der Waals surface area contributed by atoms with Crippen LogP contribution in [0.3, 0.4) is 0 Å². The molecule has 122 valence electrons. The molecule has 1 aromatic carbocycles. The number of nitrogens with zero attached hydrogens (tertiary/aromatic N) is 3. The van der Waals surface area contributed by atoms with Crippen LogP contribution in [-0.2, 0) is 6.61 Å². The molecule has 9 nitrogen and oxygen atoms in total. The van der Waals surface area contributed by atoms with E-state index >= 15 is 0 Å². The fourth-order valence-electron chi connectivity index (χ4n) is 2.03. The van der Waals surface area contributed by atoms with Gasteiger partial charge in [-0.15, -0.1) is 0 Å². The van der Waals surface area contributed by atoms with E-state index in [1.165, 1.54) is 0 Å². The van der Waals surface area contributed by atoms with Crippen molar-refractivity contribution >= 4 is 27.4 Å². The topological polar surface area (TPSA) is 131 Å². The second-order valence-corrected chi connectivity index (χ2v) is 5.58. The molecule has 2 N–H and O–H groups in total. The summed E-state index contributed by atoms with van der Waals surface area (Å²) in [5, 5.41) is 26.2. The summed E-state index contributed by atoms with van der Waals surface area (Å²) in [4.78, 5) is 26.4. The number of anilines is 1. The first-order valence-corrected chi connectivity index (χ1v) is 7.48. The predicted octanol–water partition coefficient (Wildman–Crippen LogP) is 2.45. The molecule has 3 rings (SSSR count). The van der Waals surface area contributed by atoms with Crippen LogP contribution in [0.15, 0.2) is 41.1 Å². The number of rotatable bonds is 5. The van der Waals surface area contributed by atoms with E-state index < -0.39 is 17.4 Å². The van der Waals surface area contributed by atoms with Crippen molar-refractivity contribution in [2.24, 2.45) is 0 Å². The highest BCUT2D eigenvalue weighted by Crippen LogP contribution is 2.29. The Hall–Kier alpha value is -3.11. The molecule has 2 heterocycles. The van der Waals surface area contributed by atoms with E-state index in [1.54, 1.807) is 24.3 Å². The van der Waals surface area contributed by atoms with E-state index in [1.807, 2.05) is 6.07 Å². The van der Waals surface area contributed by atoms with Crippen molar-refractivity contribution < 1.29 is 19.3 Å². The van der Waals surface area contributed by atoms with Gasteiger partial charge in [0.15, 0.2) is 10.9 Å². The number of carbonyl (C=O) groups is 1. The highest BCUT2D eigenvalue weighted by Gasteiger charge is 2.25. The summed E-state index contributed by atoms with van der Waals surface area (Å²) in [6.07, 6.45) is 1.05. The molecule has 0 aliphatic carbocycles. The summed E-state index contributed by atoms with van der Waals surface area (Å²) in [6, 6.07) is 8.84. The zero-order valence-electron chi connectivity index (χ0n) is 12.0. The Kier molecular flexibility index (Phi) is 4.31. The summed E-state index contributed by atoms with van der Waals surface area (Å²) in [5.41, 5.74) is 0.959. The molecule has 1 amide bonds. The summed E-state index contributed by atoms with van der Waals surface area (Å²) >= 11 is 0.726. The van der Waals surface area contributed by atoms with Crippen molar-refractivity contribution in [2.75, 3.05) is 5.32 Å². The van der Waals surface area contributed by atoms with Crippen LogP contribution in [0.1, 0.15) is 16.1 Å². The van der Waals surface area contributed by atoms with Gasteiger partial charge in [-0.05, 0) is 11.3 Å². The van der Waals surface area contributed by atoms with Crippen LogP contribution in [0, 0.1) is 10.1 Å². The molecule has 0 saturated carbocycles. The highest BCUT2D eigenvalue weighted by molar-refractivity contribution is 7.18. The monoisotopic (exact) mass is 346 g/mol. The largest absolute Gasteiger partial charge is 0.388 e. The van der Waals surface area contributed by atoms with Crippen LogP contribution in [0.5, 0.6) is 0 Å². The number of aliphatic hydroxyl groups excluding tert-OH is 1. The maximum absolute atomic E-state index is 12.5. The van der Waals surface area contributed by atoms with Crippen molar-refractivity contribution in [3.8, 4) is 11.3 Å². The number of nitro groups is 1. The van der Waals surface area contributed by atoms with Gasteiger partial charge in [0.05, 0.1) is 4.92 Å². The predicted molar refractivity (Wildman–Crippen MR) is 84.6 cm³/mol. The van der Waals surface area contributed by atoms with Gasteiger partial charge in [-0.3, -0.25) is 20.2 Å². The molecule has 0 aliphatic rings. The zero-order chi connectivity index (χ0) is 17.1. The van der Waals surface area contributed by atoms with Crippen molar-refractivity contribution in [1.82, 2.24) is 10.1 Å². The van der Waals surface area contributed by atoms with E-state index in [0.29, 0.717) is 5.56 Å². The lowest BCUT2D eigenvalue weighted by Gasteiger charge is -2.03. The number of carbonyl (C=O) groups excluding carboxylic acids is 1. The van der Waals surface area contributed by atoms with Crippen molar-refractivity contribution in [2.45, 2.75) is 6.61 Å². The number of aromatic nitrogens is 2. The minimum absolute atomic E-state index is 0.00240. The molecule has 0 atom stereocenters. The maximum atomic E-state index is 12.5. The summed E-state index contributed by atoms with van der Waals surface area (Å²) in [5.74, 6) is -0.624. The molecule has 0 radical (unpaired) electrons. The SMILES string of the molecule is O=C(Nc1ncc([N+](=O)[O-])s1)c1c(-c2ccccc2)noc1CO. The van der Waals surface area contributed by atoms with E-state index in [-0.39, 0.29) is 27.2 Å². The first kappa shape index (κ1) is 15.8. The van der Waals surface area contributed by atoms with Crippen LogP contribution in [0.4, 0.5) is 10.1 Å². The molecular formula is C14H10N4O5S. The average molecular weight is 346 g/mol. The van der Waals surface area contributed by atoms with Gasteiger partial charge in [-0.25, -0.2) is 4.98 Å². The van der Waals surface area contributed by atoms with Gasteiger partial charge in [0.1, 0.15) is 24.1 Å². The van der Waals surface area contributed by atoms with E-state index in [4.69, 9.17) is 4.52 Å². The number of hydrogen-bond donors (Lipinski definition) is 2. The lowest BCUT2D eigenvalue weighted by molar-refractivity contribution is -0.380. The van der Waals surface area contributed by atoms with E-state index in [0.717, 1.165) is 17.5 Å². The van der Waals surface area contributed by atoms with Gasteiger partial charge in [0, 0.05) is 5.56 Å². The molecule has 10 heteroatoms. The van der Waals surface area contributed by atoms with Gasteiger partial charge in [-0.2, -0.15) is 0 Å². The number of benzene rings is 1. The second-order valence-electron chi connectivity index (χ2n) is 4.57. The summed E-state index contributed by atoms with van der Waals surface area (Å²) < 4.78 is 5.02. The lowest BCUT2D eigenvalue weighted by atomic mass is 10.1. The average Bonchev–Trinajstić information content (AvgIpc) is 3.22. The number of thiazole rings is 1. The minimum Gasteiger partial charge on any atom is -0.388 e. The van der Waals surface area contributed by atoms with Gasteiger partial charge in [0.2, 0.25) is 0 Å². The fourth-order valence-corrected chi connectivity index (χ4v) is 2.65. The molecule has 0 unspecified atom stereocenters. The van der Waals surface area contributed by atoms with Crippen molar-refractivity contribution in [3.63, 3.8) is 0 Å². The molecular weight excluding hydrogens is 336 g/mol. The molecule has 3 aromatic rings. The number of amides is 1. The van der Waals surface area contributed by atoms with Crippen LogP contribution >= 0.6 is 11.3 Å². The third-order valence-electron chi connectivity index (χ3n) is 3.07. The molecule has 0 saturated heterocycles. The zero-order valence-corrected chi connectivity index (χ0v) is 12.8. The van der Waals surface area contributed by atoms with Crippen LogP contribution in [0.2, 0.25) is 0 Å². The summed E-state index contributed by atoms with van der Waals surface area (Å²) in [6.45, 7) is -0.513. The Bertz CT molecular complexity index is 890. The Morgan fingerprint density at radius 2 is 2.12 bits per heavy atom. The molecule has 24 heavy (non-hydrogen) atoms. The maximum Gasteiger partial charge on any atom is 0.345 e. The van der Waals surface area contributed by atoms with Crippen molar-refractivity contribution in [3.05, 3.63) is 58.0 Å². The number of nitrogens with one attached hydrogen (secondary N) is 1. The van der Waals surface area contributed by atoms with Gasteiger partial charge >= 0.3 is 5.00 Å². The Labute approximate surface area is 138 Å².